The summed E-state index contributed by atoms with van der Waals surface area (Å²) in [7, 11) is 0. The third-order valence-electron chi connectivity index (χ3n) is 1.93. The van der Waals surface area contributed by atoms with E-state index >= 15 is 0 Å². The number of hydrogen-bond donors (Lipinski definition) is 1. The molecule has 0 aliphatic rings. The number of halogens is 2. The normalized spacial score (nSPS) is 10.3. The fourth-order valence-corrected chi connectivity index (χ4v) is 1.79. The summed E-state index contributed by atoms with van der Waals surface area (Å²) in [6, 6.07) is 7.47. The molecule has 1 heterocycles. The van der Waals surface area contributed by atoms with Gasteiger partial charge in [-0.25, -0.2) is 9.97 Å². The predicted octanol–water partition coefficient (Wildman–Crippen LogP) is 3.14. The number of para-hydroxylation sites is 1. The molecule has 2 aromatic rings. The van der Waals surface area contributed by atoms with Crippen LogP contribution >= 0.6 is 27.5 Å². The number of nitrogens with two attached hydrogens (primary N) is 1. The molecule has 2 rings (SSSR count). The molecule has 1 aromatic carbocycles. The summed E-state index contributed by atoms with van der Waals surface area (Å²) in [6.07, 6.45) is 1.61. The molecule has 0 radical (unpaired) electrons. The van der Waals surface area contributed by atoms with Gasteiger partial charge in [0.25, 0.3) is 0 Å². The van der Waals surface area contributed by atoms with Gasteiger partial charge in [-0.1, -0.05) is 18.2 Å². The third kappa shape index (κ3) is 2.11. The summed E-state index contributed by atoms with van der Waals surface area (Å²) >= 11 is 9.10. The first-order valence-electron chi connectivity index (χ1n) is 4.21. The molecule has 0 unspecified atom stereocenters. The van der Waals surface area contributed by atoms with E-state index in [0.29, 0.717) is 11.4 Å². The minimum absolute atomic E-state index is 0.205. The van der Waals surface area contributed by atoms with E-state index in [9.17, 15) is 0 Å². The summed E-state index contributed by atoms with van der Waals surface area (Å²) in [5.74, 6) is 0. The van der Waals surface area contributed by atoms with Crippen LogP contribution in [0.25, 0.3) is 11.3 Å². The topological polar surface area (TPSA) is 51.8 Å². The average molecular weight is 285 g/mol. The standard InChI is InChI=1S/C10H7BrClN3/c11-7-5-14-10(12)15-9(7)6-3-1-2-4-8(6)13/h1-5H,13H2. The first-order valence-corrected chi connectivity index (χ1v) is 5.38. The van der Waals surface area contributed by atoms with Crippen LogP contribution in [0.4, 0.5) is 5.69 Å². The molecule has 0 saturated carbocycles. The number of nitrogens with zero attached hydrogens (tertiary/aromatic N) is 2. The van der Waals surface area contributed by atoms with Gasteiger partial charge in [-0.2, -0.15) is 0 Å². The van der Waals surface area contributed by atoms with Crippen LogP contribution in [0.1, 0.15) is 0 Å². The number of hydrogen-bond acceptors (Lipinski definition) is 3. The minimum atomic E-state index is 0.205. The van der Waals surface area contributed by atoms with Gasteiger partial charge in [0, 0.05) is 17.4 Å². The molecular weight excluding hydrogens is 277 g/mol. The first-order chi connectivity index (χ1) is 7.18. The van der Waals surface area contributed by atoms with Gasteiger partial charge in [0.2, 0.25) is 5.28 Å². The maximum atomic E-state index is 5.85. The van der Waals surface area contributed by atoms with Gasteiger partial charge in [0.05, 0.1) is 10.2 Å². The summed E-state index contributed by atoms with van der Waals surface area (Å²) < 4.78 is 0.768. The molecular formula is C10H7BrClN3. The molecule has 1 aromatic heterocycles. The summed E-state index contributed by atoms with van der Waals surface area (Å²) in [4.78, 5) is 7.99. The average Bonchev–Trinajstić information content (AvgIpc) is 2.23. The van der Waals surface area contributed by atoms with Gasteiger partial charge in [-0.05, 0) is 33.6 Å². The molecule has 0 aliphatic carbocycles. The Morgan fingerprint density at radius 1 is 1.27 bits per heavy atom. The summed E-state index contributed by atoms with van der Waals surface area (Å²) in [5.41, 5.74) is 8.05. The van der Waals surface area contributed by atoms with Crippen molar-refractivity contribution in [3.63, 3.8) is 0 Å². The number of benzene rings is 1. The predicted molar refractivity (Wildman–Crippen MR) is 64.6 cm³/mol. The maximum absolute atomic E-state index is 5.85. The highest BCUT2D eigenvalue weighted by molar-refractivity contribution is 9.10. The van der Waals surface area contributed by atoms with Gasteiger partial charge in [0.1, 0.15) is 0 Å². The van der Waals surface area contributed by atoms with E-state index in [1.165, 1.54) is 0 Å². The first kappa shape index (κ1) is 10.4. The van der Waals surface area contributed by atoms with E-state index in [4.69, 9.17) is 17.3 Å². The highest BCUT2D eigenvalue weighted by atomic mass is 79.9. The Morgan fingerprint density at radius 2 is 2.00 bits per heavy atom. The summed E-state index contributed by atoms with van der Waals surface area (Å²) in [6.45, 7) is 0. The number of anilines is 1. The molecule has 0 amide bonds. The lowest BCUT2D eigenvalue weighted by molar-refractivity contribution is 1.16. The zero-order valence-corrected chi connectivity index (χ0v) is 9.96. The molecule has 0 spiro atoms. The Labute approximate surface area is 100 Å². The Balaban J connectivity index is 2.64. The molecule has 0 fully saturated rings. The van der Waals surface area contributed by atoms with Crippen molar-refractivity contribution in [2.45, 2.75) is 0 Å². The number of nitrogen functional groups attached to an aromatic ring is 1. The Kier molecular flexibility index (Phi) is 2.88. The van der Waals surface area contributed by atoms with Crippen LogP contribution < -0.4 is 5.73 Å². The van der Waals surface area contributed by atoms with E-state index in [0.717, 1.165) is 10.0 Å². The van der Waals surface area contributed by atoms with E-state index in [1.807, 2.05) is 24.3 Å². The van der Waals surface area contributed by atoms with E-state index in [1.54, 1.807) is 6.20 Å². The molecule has 0 saturated heterocycles. The lowest BCUT2D eigenvalue weighted by Gasteiger charge is -2.06. The van der Waals surface area contributed by atoms with Crippen molar-refractivity contribution >= 4 is 33.2 Å². The molecule has 15 heavy (non-hydrogen) atoms. The minimum Gasteiger partial charge on any atom is -0.398 e. The fraction of sp³-hybridized carbons (Fsp3) is 0. The Hall–Kier alpha value is -1.13. The van der Waals surface area contributed by atoms with Crippen molar-refractivity contribution in [1.82, 2.24) is 9.97 Å². The van der Waals surface area contributed by atoms with Crippen LogP contribution in [-0.2, 0) is 0 Å². The zero-order valence-electron chi connectivity index (χ0n) is 7.61. The van der Waals surface area contributed by atoms with Crippen molar-refractivity contribution < 1.29 is 0 Å². The van der Waals surface area contributed by atoms with Gasteiger partial charge >= 0.3 is 0 Å². The molecule has 3 nitrogen and oxygen atoms in total. The van der Waals surface area contributed by atoms with Gasteiger partial charge < -0.3 is 5.73 Å². The largest absolute Gasteiger partial charge is 0.398 e. The lowest BCUT2D eigenvalue weighted by Crippen LogP contribution is -1.94. The van der Waals surface area contributed by atoms with Crippen LogP contribution in [0.15, 0.2) is 34.9 Å². The van der Waals surface area contributed by atoms with Gasteiger partial charge in [0.15, 0.2) is 0 Å². The molecule has 0 atom stereocenters. The van der Waals surface area contributed by atoms with Crippen molar-refractivity contribution in [3.8, 4) is 11.3 Å². The second-order valence-corrected chi connectivity index (χ2v) is 4.12. The van der Waals surface area contributed by atoms with Crippen molar-refractivity contribution in [2.75, 3.05) is 5.73 Å². The van der Waals surface area contributed by atoms with Crippen molar-refractivity contribution in [1.29, 1.82) is 0 Å². The second-order valence-electron chi connectivity index (χ2n) is 2.92. The molecule has 2 N–H and O–H groups in total. The second kappa shape index (κ2) is 4.16. The molecule has 5 heteroatoms. The van der Waals surface area contributed by atoms with Crippen molar-refractivity contribution in [3.05, 3.63) is 40.2 Å². The number of aromatic nitrogens is 2. The fourth-order valence-electron chi connectivity index (χ4n) is 1.25. The molecule has 0 bridgehead atoms. The smallest absolute Gasteiger partial charge is 0.222 e. The van der Waals surface area contributed by atoms with Crippen LogP contribution in [0.5, 0.6) is 0 Å². The highest BCUT2D eigenvalue weighted by Gasteiger charge is 2.08. The highest BCUT2D eigenvalue weighted by Crippen LogP contribution is 2.30. The van der Waals surface area contributed by atoms with Crippen LogP contribution in [0.2, 0.25) is 5.28 Å². The Bertz CT molecular complexity index is 502. The van der Waals surface area contributed by atoms with E-state index in [-0.39, 0.29) is 5.28 Å². The summed E-state index contributed by atoms with van der Waals surface area (Å²) in [5, 5.41) is 0.205. The van der Waals surface area contributed by atoms with Crippen LogP contribution in [0, 0.1) is 0 Å². The van der Waals surface area contributed by atoms with Crippen molar-refractivity contribution in [2.24, 2.45) is 0 Å². The maximum Gasteiger partial charge on any atom is 0.222 e. The SMILES string of the molecule is Nc1ccccc1-c1nc(Cl)ncc1Br. The Morgan fingerprint density at radius 3 is 2.73 bits per heavy atom. The third-order valence-corrected chi connectivity index (χ3v) is 2.69. The van der Waals surface area contributed by atoms with Crippen LogP contribution in [-0.4, -0.2) is 9.97 Å². The van der Waals surface area contributed by atoms with Gasteiger partial charge in [-0.15, -0.1) is 0 Å². The monoisotopic (exact) mass is 283 g/mol. The lowest BCUT2D eigenvalue weighted by atomic mass is 10.1. The number of rotatable bonds is 1. The van der Waals surface area contributed by atoms with Crippen LogP contribution in [0.3, 0.4) is 0 Å². The quantitative estimate of drug-likeness (QED) is 0.646. The molecule has 0 aliphatic heterocycles. The van der Waals surface area contributed by atoms with Gasteiger partial charge in [-0.3, -0.25) is 0 Å². The van der Waals surface area contributed by atoms with E-state index < -0.39 is 0 Å². The molecule has 76 valence electrons. The zero-order chi connectivity index (χ0) is 10.8. The van der Waals surface area contributed by atoms with E-state index in [2.05, 4.69) is 25.9 Å².